The summed E-state index contributed by atoms with van der Waals surface area (Å²) in [6, 6.07) is 6.98. The first kappa shape index (κ1) is 14.7. The summed E-state index contributed by atoms with van der Waals surface area (Å²) in [7, 11) is 2.20. The monoisotopic (exact) mass is 280 g/mol. The van der Waals surface area contributed by atoms with Crippen LogP contribution in [0.1, 0.15) is 44.6 Å². The zero-order valence-electron chi connectivity index (χ0n) is 12.0. The van der Waals surface area contributed by atoms with Gasteiger partial charge in [-0.25, -0.2) is 0 Å². The zero-order valence-corrected chi connectivity index (χ0v) is 12.8. The van der Waals surface area contributed by atoms with Gasteiger partial charge < -0.3 is 10.6 Å². The van der Waals surface area contributed by atoms with Crippen molar-refractivity contribution in [3.8, 4) is 0 Å². The van der Waals surface area contributed by atoms with E-state index in [1.54, 1.807) is 0 Å². The maximum Gasteiger partial charge on any atom is 0.0459 e. The summed E-state index contributed by atoms with van der Waals surface area (Å²) in [5, 5.41) is 0.845. The fourth-order valence-corrected chi connectivity index (χ4v) is 3.31. The van der Waals surface area contributed by atoms with Crippen LogP contribution in [-0.4, -0.2) is 19.1 Å². The number of nitrogens with two attached hydrogens (primary N) is 1. The van der Waals surface area contributed by atoms with Crippen LogP contribution in [0.25, 0.3) is 0 Å². The molecule has 3 heteroatoms. The van der Waals surface area contributed by atoms with Crippen LogP contribution in [-0.2, 0) is 6.42 Å². The van der Waals surface area contributed by atoms with Crippen LogP contribution < -0.4 is 10.6 Å². The van der Waals surface area contributed by atoms with E-state index in [9.17, 15) is 0 Å². The Bertz CT molecular complexity index is 411. The molecule has 19 heavy (non-hydrogen) atoms. The van der Waals surface area contributed by atoms with E-state index in [2.05, 4.69) is 18.0 Å². The molecule has 1 aliphatic carbocycles. The number of rotatable bonds is 4. The minimum atomic E-state index is 0.137. The second-order valence-corrected chi connectivity index (χ2v) is 6.23. The normalized spacial score (nSPS) is 18.3. The van der Waals surface area contributed by atoms with Gasteiger partial charge in [0.2, 0.25) is 0 Å². The quantitative estimate of drug-likeness (QED) is 0.903. The van der Waals surface area contributed by atoms with Gasteiger partial charge in [0, 0.05) is 29.8 Å². The Kier molecular flexibility index (Phi) is 5.12. The average Bonchev–Trinajstić information content (AvgIpc) is 2.41. The van der Waals surface area contributed by atoms with Crippen molar-refractivity contribution in [2.45, 2.75) is 57.5 Å². The molecule has 1 aliphatic rings. The molecule has 1 unspecified atom stereocenters. The predicted molar refractivity (Wildman–Crippen MR) is 84.1 cm³/mol. The third-order valence-electron chi connectivity index (χ3n) is 4.12. The van der Waals surface area contributed by atoms with E-state index in [0.29, 0.717) is 6.04 Å². The van der Waals surface area contributed by atoms with Gasteiger partial charge >= 0.3 is 0 Å². The zero-order chi connectivity index (χ0) is 13.8. The van der Waals surface area contributed by atoms with Crippen LogP contribution in [0.3, 0.4) is 0 Å². The van der Waals surface area contributed by atoms with Crippen LogP contribution in [0.4, 0.5) is 5.69 Å². The third kappa shape index (κ3) is 3.64. The first-order valence-corrected chi connectivity index (χ1v) is 7.73. The summed E-state index contributed by atoms with van der Waals surface area (Å²) >= 11 is 6.37. The molecule has 0 heterocycles. The van der Waals surface area contributed by atoms with Crippen molar-refractivity contribution in [2.24, 2.45) is 5.73 Å². The van der Waals surface area contributed by atoms with E-state index in [1.165, 1.54) is 43.4 Å². The fourth-order valence-electron chi connectivity index (χ4n) is 3.07. The fraction of sp³-hybridized carbons (Fsp3) is 0.625. The molecule has 2 N–H and O–H groups in total. The highest BCUT2D eigenvalue weighted by Crippen LogP contribution is 2.32. The number of benzene rings is 1. The minimum absolute atomic E-state index is 0.137. The first-order chi connectivity index (χ1) is 9.09. The van der Waals surface area contributed by atoms with Crippen molar-refractivity contribution < 1.29 is 0 Å². The maximum atomic E-state index is 6.37. The second kappa shape index (κ2) is 6.62. The summed E-state index contributed by atoms with van der Waals surface area (Å²) in [6.45, 7) is 2.04. The molecule has 0 radical (unpaired) electrons. The SMILES string of the molecule is CC(N)Cc1c(Cl)cccc1N(C)C1CCCCC1. The molecule has 0 spiro atoms. The van der Waals surface area contributed by atoms with Crippen molar-refractivity contribution in [3.05, 3.63) is 28.8 Å². The lowest BCUT2D eigenvalue weighted by Gasteiger charge is -2.34. The molecule has 2 nitrogen and oxygen atoms in total. The van der Waals surface area contributed by atoms with E-state index in [1.807, 2.05) is 19.1 Å². The van der Waals surface area contributed by atoms with Gasteiger partial charge in [-0.2, -0.15) is 0 Å². The Morgan fingerprint density at radius 2 is 2.00 bits per heavy atom. The topological polar surface area (TPSA) is 29.3 Å². The summed E-state index contributed by atoms with van der Waals surface area (Å²) in [5.74, 6) is 0. The third-order valence-corrected chi connectivity index (χ3v) is 4.48. The number of hydrogen-bond acceptors (Lipinski definition) is 2. The molecule has 1 fully saturated rings. The lowest BCUT2D eigenvalue weighted by atomic mass is 9.93. The molecule has 1 saturated carbocycles. The van der Waals surface area contributed by atoms with Gasteiger partial charge in [0.15, 0.2) is 0 Å². The van der Waals surface area contributed by atoms with Gasteiger partial charge in [-0.05, 0) is 43.9 Å². The van der Waals surface area contributed by atoms with Crippen molar-refractivity contribution in [3.63, 3.8) is 0 Å². The van der Waals surface area contributed by atoms with Crippen LogP contribution in [0.2, 0.25) is 5.02 Å². The lowest BCUT2D eigenvalue weighted by molar-refractivity contribution is 0.427. The maximum absolute atomic E-state index is 6.37. The van der Waals surface area contributed by atoms with E-state index >= 15 is 0 Å². The van der Waals surface area contributed by atoms with Gasteiger partial charge in [0.25, 0.3) is 0 Å². The van der Waals surface area contributed by atoms with Crippen molar-refractivity contribution in [1.29, 1.82) is 0 Å². The van der Waals surface area contributed by atoms with Crippen molar-refractivity contribution in [1.82, 2.24) is 0 Å². The highest BCUT2D eigenvalue weighted by Gasteiger charge is 2.21. The summed E-state index contributed by atoms with van der Waals surface area (Å²) < 4.78 is 0. The second-order valence-electron chi connectivity index (χ2n) is 5.82. The van der Waals surface area contributed by atoms with E-state index in [-0.39, 0.29) is 6.04 Å². The average molecular weight is 281 g/mol. The number of hydrogen-bond donors (Lipinski definition) is 1. The van der Waals surface area contributed by atoms with Crippen LogP contribution in [0.5, 0.6) is 0 Å². The van der Waals surface area contributed by atoms with Gasteiger partial charge in [0.05, 0.1) is 0 Å². The summed E-state index contributed by atoms with van der Waals surface area (Å²) in [4.78, 5) is 2.42. The molecule has 0 bridgehead atoms. The van der Waals surface area contributed by atoms with Crippen LogP contribution >= 0.6 is 11.6 Å². The Hall–Kier alpha value is -0.730. The first-order valence-electron chi connectivity index (χ1n) is 7.35. The molecule has 2 rings (SSSR count). The Balaban J connectivity index is 2.24. The van der Waals surface area contributed by atoms with Gasteiger partial charge in [-0.3, -0.25) is 0 Å². The van der Waals surface area contributed by atoms with Crippen LogP contribution in [0.15, 0.2) is 18.2 Å². The van der Waals surface area contributed by atoms with Gasteiger partial charge in [-0.15, -0.1) is 0 Å². The molecule has 0 saturated heterocycles. The lowest BCUT2D eigenvalue weighted by Crippen LogP contribution is -2.34. The van der Waals surface area contributed by atoms with E-state index < -0.39 is 0 Å². The van der Waals surface area contributed by atoms with Crippen molar-refractivity contribution >= 4 is 17.3 Å². The molecular formula is C16H25ClN2. The van der Waals surface area contributed by atoms with E-state index in [0.717, 1.165) is 11.4 Å². The molecule has 1 aromatic carbocycles. The molecule has 1 aromatic rings. The Morgan fingerprint density at radius 1 is 1.32 bits per heavy atom. The van der Waals surface area contributed by atoms with Gasteiger partial charge in [-0.1, -0.05) is 36.9 Å². The van der Waals surface area contributed by atoms with Crippen LogP contribution in [0, 0.1) is 0 Å². The summed E-state index contributed by atoms with van der Waals surface area (Å²) in [6.07, 6.45) is 7.50. The largest absolute Gasteiger partial charge is 0.371 e. The number of anilines is 1. The number of halogens is 1. The Labute approximate surface area is 121 Å². The minimum Gasteiger partial charge on any atom is -0.371 e. The molecule has 0 amide bonds. The molecular weight excluding hydrogens is 256 g/mol. The molecule has 1 atom stereocenters. The molecule has 0 aliphatic heterocycles. The standard InChI is InChI=1S/C16H25ClN2/c1-12(18)11-14-15(17)9-6-10-16(14)19(2)13-7-4-3-5-8-13/h6,9-10,12-13H,3-5,7-8,11,18H2,1-2H3. The molecule has 0 aromatic heterocycles. The summed E-state index contributed by atoms with van der Waals surface area (Å²) in [5.41, 5.74) is 8.43. The molecule has 106 valence electrons. The predicted octanol–water partition coefficient (Wildman–Crippen LogP) is 4.00. The highest BCUT2D eigenvalue weighted by molar-refractivity contribution is 6.31. The van der Waals surface area contributed by atoms with E-state index in [4.69, 9.17) is 17.3 Å². The Morgan fingerprint density at radius 3 is 2.63 bits per heavy atom. The van der Waals surface area contributed by atoms with Crippen molar-refractivity contribution in [2.75, 3.05) is 11.9 Å². The highest BCUT2D eigenvalue weighted by atomic mass is 35.5. The smallest absolute Gasteiger partial charge is 0.0459 e. The van der Waals surface area contributed by atoms with Gasteiger partial charge in [0.1, 0.15) is 0 Å². The number of nitrogens with zero attached hydrogens (tertiary/aromatic N) is 1.